The average Bonchev–Trinajstić information content (AvgIpc) is 3.09. The fourth-order valence-corrected chi connectivity index (χ4v) is 5.45. The third kappa shape index (κ3) is 4.14. The van der Waals surface area contributed by atoms with Crippen molar-refractivity contribution in [1.82, 2.24) is 0 Å². The summed E-state index contributed by atoms with van der Waals surface area (Å²) in [6, 6.07) is 8.33. The highest BCUT2D eigenvalue weighted by atomic mass is 19.1. The fourth-order valence-electron chi connectivity index (χ4n) is 5.45. The van der Waals surface area contributed by atoms with E-state index >= 15 is 0 Å². The summed E-state index contributed by atoms with van der Waals surface area (Å²) < 4.78 is 25.7. The van der Waals surface area contributed by atoms with E-state index in [-0.39, 0.29) is 11.7 Å². The molecular formula is C27H28FNO4. The molecule has 2 aromatic rings. The molecule has 1 saturated carbocycles. The average molecular weight is 450 g/mol. The number of nitrogens with zero attached hydrogens (tertiary/aromatic N) is 1. The van der Waals surface area contributed by atoms with Gasteiger partial charge in [0.25, 0.3) is 0 Å². The lowest BCUT2D eigenvalue weighted by atomic mass is 9.84. The Bertz CT molecular complexity index is 1130. The molecule has 172 valence electrons. The Balaban J connectivity index is 1.47. The van der Waals surface area contributed by atoms with Gasteiger partial charge in [-0.05, 0) is 35.6 Å². The highest BCUT2D eigenvalue weighted by Crippen LogP contribution is 2.44. The Labute approximate surface area is 192 Å². The van der Waals surface area contributed by atoms with Crippen LogP contribution in [0.25, 0.3) is 0 Å². The zero-order chi connectivity index (χ0) is 22.9. The molecule has 5 nitrogen and oxygen atoms in total. The molecule has 3 aliphatic rings. The van der Waals surface area contributed by atoms with Crippen molar-refractivity contribution in [1.29, 1.82) is 0 Å². The summed E-state index contributed by atoms with van der Waals surface area (Å²) in [7, 11) is 0. The van der Waals surface area contributed by atoms with E-state index in [1.54, 1.807) is 0 Å². The highest BCUT2D eigenvalue weighted by Gasteiger charge is 2.34. The molecule has 1 unspecified atom stereocenters. The Hall–Kier alpha value is -3.15. The van der Waals surface area contributed by atoms with E-state index in [0.717, 1.165) is 24.0 Å². The molecule has 0 aromatic heterocycles. The first kappa shape index (κ1) is 21.7. The van der Waals surface area contributed by atoms with E-state index in [4.69, 9.17) is 9.47 Å². The smallest absolute Gasteiger partial charge is 0.164 e. The van der Waals surface area contributed by atoms with Crippen molar-refractivity contribution in [2.75, 3.05) is 13.2 Å². The molecule has 33 heavy (non-hydrogen) atoms. The number of hydrogen-bond acceptors (Lipinski definition) is 5. The van der Waals surface area contributed by atoms with E-state index in [9.17, 15) is 14.4 Å². The van der Waals surface area contributed by atoms with Gasteiger partial charge in [0.1, 0.15) is 24.7 Å². The summed E-state index contributed by atoms with van der Waals surface area (Å²) >= 11 is 0. The minimum Gasteiger partial charge on any atom is -0.486 e. The molecule has 2 aromatic carbocycles. The lowest BCUT2D eigenvalue weighted by Crippen LogP contribution is -2.17. The number of carbonyl (C=O) groups is 1. The van der Waals surface area contributed by atoms with Gasteiger partial charge in [0.2, 0.25) is 0 Å². The number of allylic oxidation sites excluding steroid dienone is 1. The quantitative estimate of drug-likeness (QED) is 0.355. The molecule has 0 radical (unpaired) electrons. The standard InChI is InChI=1S/C27H28FNO4/c1-16-22(14-19-12-20(28)15-25-27(19)33-10-9-32-25)23-13-18(7-8-21(23)26(16)29-31)24(30)11-17-5-3-2-4-6-17/h7-8,12-13,15,17,22,31H,1-6,9-11,14H2/b29-26+. The number of fused-ring (bicyclic) bond motifs is 2. The first-order valence-electron chi connectivity index (χ1n) is 11.7. The predicted molar refractivity (Wildman–Crippen MR) is 123 cm³/mol. The lowest BCUT2D eigenvalue weighted by Gasteiger charge is -2.23. The van der Waals surface area contributed by atoms with Crippen molar-refractivity contribution >= 4 is 11.5 Å². The number of benzene rings is 2. The molecule has 0 spiro atoms. The van der Waals surface area contributed by atoms with E-state index in [2.05, 4.69) is 11.7 Å². The van der Waals surface area contributed by atoms with Crippen molar-refractivity contribution in [2.45, 2.75) is 50.9 Å². The molecule has 5 rings (SSSR count). The molecular weight excluding hydrogens is 421 g/mol. The normalized spacial score (nSPS) is 21.3. The van der Waals surface area contributed by atoms with Crippen LogP contribution in [-0.4, -0.2) is 29.9 Å². The third-order valence-electron chi connectivity index (χ3n) is 7.14. The van der Waals surface area contributed by atoms with Gasteiger partial charge in [-0.1, -0.05) is 56.0 Å². The van der Waals surface area contributed by atoms with Gasteiger partial charge in [-0.15, -0.1) is 0 Å². The van der Waals surface area contributed by atoms with E-state index in [0.29, 0.717) is 65.9 Å². The number of rotatable bonds is 5. The zero-order valence-corrected chi connectivity index (χ0v) is 18.6. The van der Waals surface area contributed by atoms with Gasteiger partial charge in [-0.2, -0.15) is 0 Å². The van der Waals surface area contributed by atoms with Crippen molar-refractivity contribution in [3.8, 4) is 11.5 Å². The van der Waals surface area contributed by atoms with Gasteiger partial charge >= 0.3 is 0 Å². The largest absolute Gasteiger partial charge is 0.486 e. The van der Waals surface area contributed by atoms with Gasteiger partial charge in [-0.3, -0.25) is 4.79 Å². The minimum atomic E-state index is -0.398. The molecule has 0 bridgehead atoms. The Kier molecular flexibility index (Phi) is 5.92. The predicted octanol–water partition coefficient (Wildman–Crippen LogP) is 5.82. The van der Waals surface area contributed by atoms with Crippen molar-refractivity contribution in [3.05, 3.63) is 70.6 Å². The van der Waals surface area contributed by atoms with Crippen molar-refractivity contribution in [2.24, 2.45) is 11.1 Å². The number of halogens is 1. The summed E-state index contributed by atoms with van der Waals surface area (Å²) in [6.45, 7) is 4.94. The maximum absolute atomic E-state index is 14.3. The molecule has 1 aliphatic heterocycles. The maximum Gasteiger partial charge on any atom is 0.164 e. The second kappa shape index (κ2) is 9.00. The van der Waals surface area contributed by atoms with Crippen LogP contribution >= 0.6 is 0 Å². The Morgan fingerprint density at radius 1 is 1.12 bits per heavy atom. The lowest BCUT2D eigenvalue weighted by molar-refractivity contribution is 0.0950. The molecule has 0 amide bonds. The third-order valence-corrected chi connectivity index (χ3v) is 7.14. The van der Waals surface area contributed by atoms with Crippen LogP contribution < -0.4 is 9.47 Å². The molecule has 1 N–H and O–H groups in total. The Morgan fingerprint density at radius 3 is 2.70 bits per heavy atom. The monoisotopic (exact) mass is 449 g/mol. The highest BCUT2D eigenvalue weighted by molar-refractivity contribution is 6.17. The van der Waals surface area contributed by atoms with Gasteiger partial charge in [0.05, 0.1) is 0 Å². The number of hydrogen-bond donors (Lipinski definition) is 1. The molecule has 1 fully saturated rings. The number of carbonyl (C=O) groups excluding carboxylic acids is 1. The number of oxime groups is 1. The van der Waals surface area contributed by atoms with Crippen molar-refractivity contribution in [3.63, 3.8) is 0 Å². The van der Waals surface area contributed by atoms with E-state index < -0.39 is 5.82 Å². The molecule has 0 saturated heterocycles. The van der Waals surface area contributed by atoms with Gasteiger partial charge in [0.15, 0.2) is 17.3 Å². The second-order valence-corrected chi connectivity index (χ2v) is 9.25. The molecule has 2 aliphatic carbocycles. The van der Waals surface area contributed by atoms with Crippen LogP contribution in [0, 0.1) is 11.7 Å². The summed E-state index contributed by atoms with van der Waals surface area (Å²) in [4.78, 5) is 13.1. The van der Waals surface area contributed by atoms with Crippen LogP contribution in [0.5, 0.6) is 11.5 Å². The van der Waals surface area contributed by atoms with Crippen LogP contribution in [0.4, 0.5) is 4.39 Å². The maximum atomic E-state index is 14.3. The zero-order valence-electron chi connectivity index (χ0n) is 18.6. The summed E-state index contributed by atoms with van der Waals surface area (Å²) in [6.07, 6.45) is 6.85. The minimum absolute atomic E-state index is 0.142. The molecule has 1 atom stereocenters. The van der Waals surface area contributed by atoms with Crippen LogP contribution in [-0.2, 0) is 6.42 Å². The van der Waals surface area contributed by atoms with Crippen LogP contribution in [0.1, 0.15) is 71.5 Å². The van der Waals surface area contributed by atoms with E-state index in [1.807, 2.05) is 18.2 Å². The van der Waals surface area contributed by atoms with Gasteiger partial charge < -0.3 is 14.7 Å². The van der Waals surface area contributed by atoms with Crippen LogP contribution in [0.2, 0.25) is 0 Å². The summed E-state index contributed by atoms with van der Waals surface area (Å²) in [5, 5.41) is 13.1. The van der Waals surface area contributed by atoms with Crippen LogP contribution in [0.3, 0.4) is 0 Å². The molecule has 6 heteroatoms. The van der Waals surface area contributed by atoms with Gasteiger partial charge in [-0.25, -0.2) is 4.39 Å². The summed E-state index contributed by atoms with van der Waals surface area (Å²) in [5.41, 5.74) is 4.00. The van der Waals surface area contributed by atoms with Crippen LogP contribution in [0.15, 0.2) is 47.6 Å². The number of ketones is 1. The number of Topliss-reactive ketones (excluding diaryl/α,β-unsaturated/α-hetero) is 1. The first-order chi connectivity index (χ1) is 16.0. The first-order valence-corrected chi connectivity index (χ1v) is 11.7. The number of ether oxygens (including phenoxy) is 2. The fraction of sp³-hybridized carbons (Fsp3) is 0.407. The Morgan fingerprint density at radius 2 is 1.91 bits per heavy atom. The van der Waals surface area contributed by atoms with Gasteiger partial charge in [0, 0.05) is 35.1 Å². The van der Waals surface area contributed by atoms with E-state index in [1.165, 1.54) is 31.4 Å². The summed E-state index contributed by atoms with van der Waals surface area (Å²) in [5.74, 6) is 0.873. The SMILES string of the molecule is C=C1/C(=N\O)c2ccc(C(=O)CC3CCCCC3)cc2C1Cc1cc(F)cc2c1OCCO2. The van der Waals surface area contributed by atoms with Crippen molar-refractivity contribution < 1.29 is 23.9 Å². The second-order valence-electron chi connectivity index (χ2n) is 9.25. The molecule has 1 heterocycles. The topological polar surface area (TPSA) is 68.1 Å².